The largest absolute Gasteiger partial charge is 0.283 e. The van der Waals surface area contributed by atoms with Crippen LogP contribution in [0, 0.1) is 10.1 Å². The van der Waals surface area contributed by atoms with E-state index in [1.165, 1.54) is 30.3 Å². The Labute approximate surface area is 173 Å². The first-order chi connectivity index (χ1) is 14.1. The summed E-state index contributed by atoms with van der Waals surface area (Å²) in [6.07, 6.45) is 7.23. The summed E-state index contributed by atoms with van der Waals surface area (Å²) in [5, 5.41) is 11.6. The normalized spacial score (nSPS) is 20.6. The predicted molar refractivity (Wildman–Crippen MR) is 116 cm³/mol. The number of aliphatic imine (C=N–C) groups is 1. The molecular formula is C22H21N3O3S. The van der Waals surface area contributed by atoms with Crippen LogP contribution in [0.4, 0.5) is 11.4 Å². The van der Waals surface area contributed by atoms with Crippen LogP contribution in [-0.2, 0) is 4.79 Å². The molecule has 0 bridgehead atoms. The zero-order chi connectivity index (χ0) is 20.2. The first kappa shape index (κ1) is 19.4. The number of nitrogens with zero attached hydrogens (tertiary/aromatic N) is 3. The SMILES string of the molecule is O=C1C(=Cc2ccc([N+](=O)[O-])cc2)SC(=Nc2ccccc2)N1C1CCCCC1. The molecule has 1 saturated heterocycles. The van der Waals surface area contributed by atoms with Crippen molar-refractivity contribution in [2.75, 3.05) is 0 Å². The molecule has 0 aromatic heterocycles. The number of para-hydroxylation sites is 1. The quantitative estimate of drug-likeness (QED) is 0.379. The molecule has 1 amide bonds. The highest BCUT2D eigenvalue weighted by Crippen LogP contribution is 2.38. The van der Waals surface area contributed by atoms with Crippen LogP contribution >= 0.6 is 11.8 Å². The van der Waals surface area contributed by atoms with Crippen molar-refractivity contribution in [3.05, 3.63) is 75.2 Å². The van der Waals surface area contributed by atoms with Gasteiger partial charge in [-0.25, -0.2) is 4.99 Å². The van der Waals surface area contributed by atoms with E-state index in [0.717, 1.165) is 36.9 Å². The van der Waals surface area contributed by atoms with Crippen molar-refractivity contribution in [1.29, 1.82) is 0 Å². The molecule has 148 valence electrons. The van der Waals surface area contributed by atoms with Crippen LogP contribution in [0.5, 0.6) is 0 Å². The van der Waals surface area contributed by atoms with Gasteiger partial charge in [0.2, 0.25) is 0 Å². The molecule has 1 heterocycles. The molecule has 1 saturated carbocycles. The summed E-state index contributed by atoms with van der Waals surface area (Å²) in [6, 6.07) is 16.1. The number of thioether (sulfide) groups is 1. The van der Waals surface area contributed by atoms with Crippen LogP contribution in [0.15, 0.2) is 64.5 Å². The molecule has 0 spiro atoms. The average molecular weight is 407 g/mol. The Morgan fingerprint density at radius 3 is 2.38 bits per heavy atom. The smallest absolute Gasteiger partial charge is 0.269 e. The number of benzene rings is 2. The monoisotopic (exact) mass is 407 g/mol. The Morgan fingerprint density at radius 2 is 1.72 bits per heavy atom. The van der Waals surface area contributed by atoms with Crippen molar-refractivity contribution in [3.8, 4) is 0 Å². The lowest BCUT2D eigenvalue weighted by Crippen LogP contribution is -2.40. The first-order valence-electron chi connectivity index (χ1n) is 9.73. The highest BCUT2D eigenvalue weighted by Gasteiger charge is 2.38. The fourth-order valence-electron chi connectivity index (χ4n) is 3.68. The van der Waals surface area contributed by atoms with E-state index in [1.54, 1.807) is 18.2 Å². The van der Waals surface area contributed by atoms with Gasteiger partial charge in [0.1, 0.15) is 0 Å². The van der Waals surface area contributed by atoms with Gasteiger partial charge in [0.25, 0.3) is 11.6 Å². The van der Waals surface area contributed by atoms with Crippen molar-refractivity contribution in [2.24, 2.45) is 4.99 Å². The summed E-state index contributed by atoms with van der Waals surface area (Å²) in [5.74, 6) is -0.0325. The minimum Gasteiger partial charge on any atom is -0.283 e. The first-order valence-corrected chi connectivity index (χ1v) is 10.5. The molecule has 0 radical (unpaired) electrons. The zero-order valence-corrected chi connectivity index (χ0v) is 16.7. The third-order valence-electron chi connectivity index (χ3n) is 5.16. The lowest BCUT2D eigenvalue weighted by Gasteiger charge is -2.30. The van der Waals surface area contributed by atoms with E-state index in [1.807, 2.05) is 35.2 Å². The van der Waals surface area contributed by atoms with Crippen LogP contribution < -0.4 is 0 Å². The maximum Gasteiger partial charge on any atom is 0.269 e. The van der Waals surface area contributed by atoms with Crippen LogP contribution in [-0.4, -0.2) is 26.9 Å². The summed E-state index contributed by atoms with van der Waals surface area (Å²) in [6.45, 7) is 0. The lowest BCUT2D eigenvalue weighted by molar-refractivity contribution is -0.384. The van der Waals surface area contributed by atoms with Gasteiger partial charge in [-0.2, -0.15) is 0 Å². The number of carbonyl (C=O) groups is 1. The number of amides is 1. The number of nitro groups is 1. The highest BCUT2D eigenvalue weighted by atomic mass is 32.2. The summed E-state index contributed by atoms with van der Waals surface area (Å²) < 4.78 is 0. The topological polar surface area (TPSA) is 75.8 Å². The van der Waals surface area contributed by atoms with Gasteiger partial charge in [0.15, 0.2) is 5.17 Å². The van der Waals surface area contributed by atoms with Gasteiger partial charge in [-0.3, -0.25) is 19.8 Å². The summed E-state index contributed by atoms with van der Waals surface area (Å²) in [5.41, 5.74) is 1.61. The van der Waals surface area contributed by atoms with E-state index in [9.17, 15) is 14.9 Å². The number of rotatable bonds is 4. The number of nitro benzene ring substituents is 1. The van der Waals surface area contributed by atoms with E-state index in [0.29, 0.717) is 10.1 Å². The van der Waals surface area contributed by atoms with Crippen molar-refractivity contribution in [2.45, 2.75) is 38.1 Å². The van der Waals surface area contributed by atoms with Crippen LogP contribution in [0.1, 0.15) is 37.7 Å². The maximum absolute atomic E-state index is 13.2. The van der Waals surface area contributed by atoms with Gasteiger partial charge in [-0.1, -0.05) is 37.5 Å². The highest BCUT2D eigenvalue weighted by molar-refractivity contribution is 8.18. The van der Waals surface area contributed by atoms with Gasteiger partial charge in [-0.05, 0) is 60.5 Å². The second-order valence-corrected chi connectivity index (χ2v) is 8.17. The van der Waals surface area contributed by atoms with E-state index < -0.39 is 4.92 Å². The third-order valence-corrected chi connectivity index (χ3v) is 6.14. The molecule has 7 heteroatoms. The fraction of sp³-hybridized carbons (Fsp3) is 0.273. The molecular weight excluding hydrogens is 386 g/mol. The maximum atomic E-state index is 13.2. The molecule has 1 aliphatic heterocycles. The Morgan fingerprint density at radius 1 is 1.03 bits per heavy atom. The minimum atomic E-state index is -0.429. The molecule has 1 aliphatic carbocycles. The van der Waals surface area contributed by atoms with Gasteiger partial charge in [0, 0.05) is 18.2 Å². The Balaban J connectivity index is 1.66. The van der Waals surface area contributed by atoms with E-state index in [-0.39, 0.29) is 17.6 Å². The molecule has 2 aromatic carbocycles. The van der Waals surface area contributed by atoms with Crippen LogP contribution in [0.2, 0.25) is 0 Å². The van der Waals surface area contributed by atoms with Crippen molar-refractivity contribution >= 4 is 40.3 Å². The third kappa shape index (κ3) is 4.40. The standard InChI is InChI=1S/C22H21N3O3S/c26-21-20(15-16-11-13-19(14-12-16)25(27)28)29-22(23-17-7-3-1-4-8-17)24(21)18-9-5-2-6-10-18/h1,3-4,7-8,11-15,18H,2,5-6,9-10H2. The van der Waals surface area contributed by atoms with E-state index >= 15 is 0 Å². The number of amidine groups is 1. The molecule has 2 fully saturated rings. The molecule has 0 atom stereocenters. The van der Waals surface area contributed by atoms with Gasteiger partial charge in [0.05, 0.1) is 15.5 Å². The van der Waals surface area contributed by atoms with Crippen LogP contribution in [0.3, 0.4) is 0 Å². The molecule has 29 heavy (non-hydrogen) atoms. The fourth-order valence-corrected chi connectivity index (χ4v) is 4.74. The Kier molecular flexibility index (Phi) is 5.76. The van der Waals surface area contributed by atoms with Crippen LogP contribution in [0.25, 0.3) is 6.08 Å². The Bertz CT molecular complexity index is 965. The van der Waals surface area contributed by atoms with Crippen molar-refractivity contribution in [3.63, 3.8) is 0 Å². The predicted octanol–water partition coefficient (Wildman–Crippen LogP) is 5.53. The molecule has 2 aliphatic rings. The summed E-state index contributed by atoms with van der Waals surface area (Å²) in [4.78, 5) is 30.9. The second kappa shape index (κ2) is 8.61. The number of carbonyl (C=O) groups excluding carboxylic acids is 1. The van der Waals surface area contributed by atoms with Gasteiger partial charge < -0.3 is 0 Å². The Hall–Kier alpha value is -2.93. The molecule has 2 aromatic rings. The van der Waals surface area contributed by atoms with Crippen molar-refractivity contribution in [1.82, 2.24) is 4.90 Å². The summed E-state index contributed by atoms with van der Waals surface area (Å²) >= 11 is 1.37. The molecule has 0 unspecified atom stereocenters. The molecule has 0 N–H and O–H groups in total. The molecule has 4 rings (SSSR count). The zero-order valence-electron chi connectivity index (χ0n) is 15.9. The van der Waals surface area contributed by atoms with Gasteiger partial charge in [-0.15, -0.1) is 0 Å². The lowest BCUT2D eigenvalue weighted by atomic mass is 9.94. The molecule has 6 nitrogen and oxygen atoms in total. The number of non-ortho nitro benzene ring substituents is 1. The number of hydrogen-bond acceptors (Lipinski definition) is 5. The van der Waals surface area contributed by atoms with Gasteiger partial charge >= 0.3 is 0 Å². The second-order valence-electron chi connectivity index (χ2n) is 7.16. The van der Waals surface area contributed by atoms with E-state index in [2.05, 4.69) is 0 Å². The van der Waals surface area contributed by atoms with E-state index in [4.69, 9.17) is 4.99 Å². The average Bonchev–Trinajstić information content (AvgIpc) is 3.04. The van der Waals surface area contributed by atoms with Crippen molar-refractivity contribution < 1.29 is 9.72 Å². The number of hydrogen-bond donors (Lipinski definition) is 0. The summed E-state index contributed by atoms with van der Waals surface area (Å²) in [7, 11) is 0. The minimum absolute atomic E-state index is 0.0325.